The zero-order chi connectivity index (χ0) is 13.0. The zero-order valence-electron chi connectivity index (χ0n) is 10.0. The molecule has 0 aliphatic rings. The minimum atomic E-state index is 0.216. The van der Waals surface area contributed by atoms with E-state index in [1.165, 1.54) is 5.56 Å². The van der Waals surface area contributed by atoms with Gasteiger partial charge in [0, 0.05) is 28.3 Å². The molecule has 0 bridgehead atoms. The Morgan fingerprint density at radius 1 is 1.33 bits per heavy atom. The molecule has 2 nitrogen and oxygen atoms in total. The molecule has 1 heterocycles. The number of nitrogens with zero attached hydrogens (tertiary/aromatic N) is 1. The molecule has 0 spiro atoms. The molecule has 0 saturated carbocycles. The molecule has 94 valence electrons. The average Bonchev–Trinajstić information content (AvgIpc) is 2.38. The molecule has 0 aliphatic heterocycles. The molecule has 1 N–H and O–H groups in total. The maximum atomic E-state index is 5.92. The Hall–Kier alpha value is -0.900. The Balaban J connectivity index is 1.99. The molecule has 0 aliphatic carbocycles. The van der Waals surface area contributed by atoms with Crippen molar-refractivity contribution in [2.24, 2.45) is 0 Å². The summed E-state index contributed by atoms with van der Waals surface area (Å²) < 4.78 is 1.02. The lowest BCUT2D eigenvalue weighted by atomic mass is 10.2. The van der Waals surface area contributed by atoms with Gasteiger partial charge in [-0.3, -0.25) is 4.98 Å². The largest absolute Gasteiger partial charge is 0.305 e. The topological polar surface area (TPSA) is 24.9 Å². The summed E-state index contributed by atoms with van der Waals surface area (Å²) in [5.41, 5.74) is 2.23. The highest BCUT2D eigenvalue weighted by molar-refractivity contribution is 9.10. The van der Waals surface area contributed by atoms with E-state index in [0.29, 0.717) is 0 Å². The zero-order valence-corrected chi connectivity index (χ0v) is 12.4. The van der Waals surface area contributed by atoms with Gasteiger partial charge in [0.1, 0.15) is 0 Å². The lowest BCUT2D eigenvalue weighted by Gasteiger charge is -2.14. The molecule has 1 unspecified atom stereocenters. The van der Waals surface area contributed by atoms with Crippen LogP contribution in [0.2, 0.25) is 5.02 Å². The fourth-order valence-electron chi connectivity index (χ4n) is 1.66. The van der Waals surface area contributed by atoms with E-state index in [1.54, 1.807) is 0 Å². The van der Waals surface area contributed by atoms with Crippen LogP contribution >= 0.6 is 27.5 Å². The summed E-state index contributed by atoms with van der Waals surface area (Å²) in [4.78, 5) is 4.33. The van der Waals surface area contributed by atoms with Crippen molar-refractivity contribution < 1.29 is 0 Å². The van der Waals surface area contributed by atoms with Crippen molar-refractivity contribution in [3.8, 4) is 0 Å². The molecule has 18 heavy (non-hydrogen) atoms. The average molecular weight is 326 g/mol. The van der Waals surface area contributed by atoms with Gasteiger partial charge in [0.15, 0.2) is 0 Å². The summed E-state index contributed by atoms with van der Waals surface area (Å²) in [6.07, 6.45) is 1.81. The van der Waals surface area contributed by atoms with E-state index in [2.05, 4.69) is 33.2 Å². The van der Waals surface area contributed by atoms with Crippen molar-refractivity contribution >= 4 is 27.5 Å². The third kappa shape index (κ3) is 3.55. The van der Waals surface area contributed by atoms with Crippen LogP contribution in [0.5, 0.6) is 0 Å². The standard InChI is InChI=1S/C14H14BrClN2/c1-10(14-4-2-3-7-17-14)18-9-11-5-6-12(16)8-13(11)15/h2-8,10,18H,9H2,1H3. The van der Waals surface area contributed by atoms with Crippen LogP contribution in [-0.4, -0.2) is 4.98 Å². The Morgan fingerprint density at radius 3 is 2.83 bits per heavy atom. The van der Waals surface area contributed by atoms with Crippen LogP contribution in [-0.2, 0) is 6.54 Å². The predicted octanol–water partition coefficient (Wildman–Crippen LogP) is 4.35. The normalized spacial score (nSPS) is 12.4. The van der Waals surface area contributed by atoms with Crippen LogP contribution in [0.15, 0.2) is 47.1 Å². The quantitative estimate of drug-likeness (QED) is 0.904. The van der Waals surface area contributed by atoms with E-state index in [0.717, 1.165) is 21.7 Å². The lowest BCUT2D eigenvalue weighted by molar-refractivity contribution is 0.560. The van der Waals surface area contributed by atoms with Gasteiger partial charge in [-0.1, -0.05) is 39.7 Å². The van der Waals surface area contributed by atoms with Crippen molar-refractivity contribution in [3.05, 3.63) is 63.3 Å². The molecule has 1 atom stereocenters. The highest BCUT2D eigenvalue weighted by Gasteiger charge is 2.07. The second kappa shape index (κ2) is 6.32. The number of hydrogen-bond acceptors (Lipinski definition) is 2. The predicted molar refractivity (Wildman–Crippen MR) is 78.6 cm³/mol. The second-order valence-corrected chi connectivity index (χ2v) is 5.38. The summed E-state index contributed by atoms with van der Waals surface area (Å²) in [7, 11) is 0. The van der Waals surface area contributed by atoms with Crippen LogP contribution in [0.4, 0.5) is 0 Å². The lowest BCUT2D eigenvalue weighted by Crippen LogP contribution is -2.19. The molecule has 1 aromatic carbocycles. The van der Waals surface area contributed by atoms with Crippen molar-refractivity contribution in [1.29, 1.82) is 0 Å². The Labute approximate surface area is 121 Å². The van der Waals surface area contributed by atoms with E-state index < -0.39 is 0 Å². The third-order valence-electron chi connectivity index (χ3n) is 2.75. The number of rotatable bonds is 4. The van der Waals surface area contributed by atoms with E-state index in [-0.39, 0.29) is 6.04 Å². The van der Waals surface area contributed by atoms with E-state index >= 15 is 0 Å². The summed E-state index contributed by atoms with van der Waals surface area (Å²) in [5, 5.41) is 4.18. The molecule has 2 aromatic rings. The summed E-state index contributed by atoms with van der Waals surface area (Å²) >= 11 is 9.43. The molecular weight excluding hydrogens is 312 g/mol. The highest BCUT2D eigenvalue weighted by atomic mass is 79.9. The first kappa shape index (κ1) is 13.5. The van der Waals surface area contributed by atoms with Crippen molar-refractivity contribution in [3.63, 3.8) is 0 Å². The van der Waals surface area contributed by atoms with Gasteiger partial charge >= 0.3 is 0 Å². The summed E-state index contributed by atoms with van der Waals surface area (Å²) in [5.74, 6) is 0. The second-order valence-electron chi connectivity index (χ2n) is 4.09. The summed E-state index contributed by atoms with van der Waals surface area (Å²) in [6.45, 7) is 2.88. The number of benzene rings is 1. The number of aromatic nitrogens is 1. The van der Waals surface area contributed by atoms with Gasteiger partial charge in [0.25, 0.3) is 0 Å². The Bertz CT molecular complexity index is 516. The summed E-state index contributed by atoms with van der Waals surface area (Å²) in [6, 6.07) is 12.0. The first-order chi connectivity index (χ1) is 8.66. The van der Waals surface area contributed by atoms with Gasteiger partial charge in [0.05, 0.1) is 5.69 Å². The number of halogens is 2. The molecular formula is C14H14BrClN2. The maximum Gasteiger partial charge on any atom is 0.0570 e. The fourth-order valence-corrected chi connectivity index (χ4v) is 2.49. The minimum absolute atomic E-state index is 0.216. The van der Waals surface area contributed by atoms with Crippen molar-refractivity contribution in [2.45, 2.75) is 19.5 Å². The molecule has 4 heteroatoms. The van der Waals surface area contributed by atoms with Gasteiger partial charge in [-0.25, -0.2) is 0 Å². The first-order valence-electron chi connectivity index (χ1n) is 5.75. The molecule has 2 rings (SSSR count). The molecule has 0 fully saturated rings. The van der Waals surface area contributed by atoms with Gasteiger partial charge in [-0.15, -0.1) is 0 Å². The van der Waals surface area contributed by atoms with Crippen LogP contribution < -0.4 is 5.32 Å². The van der Waals surface area contributed by atoms with E-state index in [1.807, 2.05) is 42.6 Å². The van der Waals surface area contributed by atoms with Crippen molar-refractivity contribution in [2.75, 3.05) is 0 Å². The van der Waals surface area contributed by atoms with Gasteiger partial charge in [-0.05, 0) is 36.8 Å². The monoisotopic (exact) mass is 324 g/mol. The third-order valence-corrected chi connectivity index (χ3v) is 3.72. The van der Waals surface area contributed by atoms with E-state index in [4.69, 9.17) is 11.6 Å². The first-order valence-corrected chi connectivity index (χ1v) is 6.92. The maximum absolute atomic E-state index is 5.92. The van der Waals surface area contributed by atoms with Crippen LogP contribution in [0.3, 0.4) is 0 Å². The van der Waals surface area contributed by atoms with E-state index in [9.17, 15) is 0 Å². The van der Waals surface area contributed by atoms with Crippen LogP contribution in [0, 0.1) is 0 Å². The van der Waals surface area contributed by atoms with Crippen molar-refractivity contribution in [1.82, 2.24) is 10.3 Å². The molecule has 0 saturated heterocycles. The molecule has 0 amide bonds. The Kier molecular flexibility index (Phi) is 4.75. The van der Waals surface area contributed by atoms with Crippen LogP contribution in [0.1, 0.15) is 24.2 Å². The fraction of sp³-hybridized carbons (Fsp3) is 0.214. The number of hydrogen-bond donors (Lipinski definition) is 1. The molecule has 0 radical (unpaired) electrons. The van der Waals surface area contributed by atoms with Gasteiger partial charge in [-0.2, -0.15) is 0 Å². The highest BCUT2D eigenvalue weighted by Crippen LogP contribution is 2.22. The number of pyridine rings is 1. The van der Waals surface area contributed by atoms with Gasteiger partial charge in [0.2, 0.25) is 0 Å². The van der Waals surface area contributed by atoms with Gasteiger partial charge < -0.3 is 5.32 Å². The van der Waals surface area contributed by atoms with Crippen LogP contribution in [0.25, 0.3) is 0 Å². The Morgan fingerprint density at radius 2 is 2.17 bits per heavy atom. The molecule has 1 aromatic heterocycles. The minimum Gasteiger partial charge on any atom is -0.305 e. The smallest absolute Gasteiger partial charge is 0.0570 e. The SMILES string of the molecule is CC(NCc1ccc(Cl)cc1Br)c1ccccn1. The number of nitrogens with one attached hydrogen (secondary N) is 1.